The molecular formula is C28H32N8O. The van der Waals surface area contributed by atoms with Gasteiger partial charge in [-0.2, -0.15) is 0 Å². The maximum absolute atomic E-state index is 13.4. The number of aryl methyl sites for hydroxylation is 2. The molecule has 1 atom stereocenters. The van der Waals surface area contributed by atoms with E-state index in [2.05, 4.69) is 76.5 Å². The number of carbonyl (C=O) groups is 1. The van der Waals surface area contributed by atoms with Gasteiger partial charge >= 0.3 is 0 Å². The lowest BCUT2D eigenvalue weighted by atomic mass is 9.85. The van der Waals surface area contributed by atoms with Gasteiger partial charge in [0.25, 0.3) is 5.91 Å². The molecule has 6 rings (SSSR count). The predicted octanol–water partition coefficient (Wildman–Crippen LogP) is 4.51. The molecule has 1 saturated heterocycles. The van der Waals surface area contributed by atoms with Crippen molar-refractivity contribution in [1.29, 1.82) is 0 Å². The quantitative estimate of drug-likeness (QED) is 0.429. The lowest BCUT2D eigenvalue weighted by molar-refractivity contribution is 0.0156. The molecule has 2 N–H and O–H groups in total. The number of fused-ring (bicyclic) bond motifs is 2. The Kier molecular flexibility index (Phi) is 5.67. The van der Waals surface area contributed by atoms with Gasteiger partial charge < -0.3 is 10.2 Å². The number of nitrogens with zero attached hydrogens (tertiary/aromatic N) is 6. The van der Waals surface area contributed by atoms with Crippen LogP contribution < -0.4 is 5.32 Å². The molecule has 37 heavy (non-hydrogen) atoms. The summed E-state index contributed by atoms with van der Waals surface area (Å²) in [5.41, 5.74) is 7.62. The maximum Gasteiger partial charge on any atom is 0.254 e. The summed E-state index contributed by atoms with van der Waals surface area (Å²) in [5, 5.41) is 14.1. The standard InChI is InChI=1S/C28H32N8O/c1-17-9-18(2)11-21(10-17)30-27-29-14-20-15-35(16-25(20)31-27)22-7-8-36(28(3,4)13-22)26(37)19-5-6-23-24(12-19)33-34-32-23/h5-6,9-12,14,22H,7-8,13,15-16H2,1-4H3,(H,29,30,31)(H,32,33,34). The Bertz CT molecular complexity index is 1470. The van der Waals surface area contributed by atoms with Crippen molar-refractivity contribution in [1.82, 2.24) is 35.2 Å². The monoisotopic (exact) mass is 496 g/mol. The number of likely N-dealkylation sites (tertiary alicyclic amines) is 1. The van der Waals surface area contributed by atoms with Crippen molar-refractivity contribution in [2.75, 3.05) is 11.9 Å². The predicted molar refractivity (Wildman–Crippen MR) is 143 cm³/mol. The SMILES string of the molecule is Cc1cc(C)cc(Nc2ncc3c(n2)CN(C2CCN(C(=O)c4ccc5[nH]nnc5c4)C(C)(C)C2)C3)c1. The summed E-state index contributed by atoms with van der Waals surface area (Å²) in [6, 6.07) is 12.3. The summed E-state index contributed by atoms with van der Waals surface area (Å²) in [6.07, 6.45) is 3.79. The van der Waals surface area contributed by atoms with E-state index in [1.165, 1.54) is 16.7 Å². The van der Waals surface area contributed by atoms with Crippen molar-refractivity contribution in [2.24, 2.45) is 0 Å². The van der Waals surface area contributed by atoms with Crippen LogP contribution in [-0.2, 0) is 13.1 Å². The summed E-state index contributed by atoms with van der Waals surface area (Å²) in [4.78, 5) is 27.4. The van der Waals surface area contributed by atoms with E-state index in [4.69, 9.17) is 4.98 Å². The summed E-state index contributed by atoms with van der Waals surface area (Å²) >= 11 is 0. The van der Waals surface area contributed by atoms with Crippen molar-refractivity contribution in [2.45, 2.75) is 65.2 Å². The van der Waals surface area contributed by atoms with E-state index in [9.17, 15) is 4.79 Å². The highest BCUT2D eigenvalue weighted by atomic mass is 16.2. The molecule has 2 aliphatic rings. The van der Waals surface area contributed by atoms with E-state index in [1.807, 2.05) is 29.3 Å². The fraction of sp³-hybridized carbons (Fsp3) is 0.393. The van der Waals surface area contributed by atoms with E-state index >= 15 is 0 Å². The third-order valence-corrected chi connectivity index (χ3v) is 7.64. The van der Waals surface area contributed by atoms with Crippen LogP contribution >= 0.6 is 0 Å². The molecule has 9 nitrogen and oxygen atoms in total. The second kappa shape index (κ2) is 8.92. The molecule has 0 aliphatic carbocycles. The van der Waals surface area contributed by atoms with Gasteiger partial charge in [-0.1, -0.05) is 11.3 Å². The number of rotatable bonds is 4. The van der Waals surface area contributed by atoms with Crippen LogP contribution in [0.25, 0.3) is 11.0 Å². The first-order chi connectivity index (χ1) is 17.7. The van der Waals surface area contributed by atoms with Gasteiger partial charge in [-0.15, -0.1) is 5.10 Å². The van der Waals surface area contributed by atoms with Crippen LogP contribution in [0.5, 0.6) is 0 Å². The fourth-order valence-electron chi connectivity index (χ4n) is 5.86. The molecule has 2 aliphatic heterocycles. The average Bonchev–Trinajstić information content (AvgIpc) is 3.48. The van der Waals surface area contributed by atoms with Crippen LogP contribution in [0.2, 0.25) is 0 Å². The highest BCUT2D eigenvalue weighted by Gasteiger charge is 2.41. The Balaban J connectivity index is 1.13. The maximum atomic E-state index is 13.4. The Hall–Kier alpha value is -3.85. The van der Waals surface area contributed by atoms with Gasteiger partial charge in [-0.3, -0.25) is 14.8 Å². The molecule has 9 heteroatoms. The van der Waals surface area contributed by atoms with Crippen LogP contribution in [0.4, 0.5) is 11.6 Å². The van der Waals surface area contributed by atoms with Gasteiger partial charge in [-0.25, -0.2) is 9.97 Å². The summed E-state index contributed by atoms with van der Waals surface area (Å²) in [6.45, 7) is 10.9. The fourth-order valence-corrected chi connectivity index (χ4v) is 5.86. The number of hydrogen-bond donors (Lipinski definition) is 2. The molecule has 2 aromatic heterocycles. The molecule has 1 fully saturated rings. The van der Waals surface area contributed by atoms with E-state index in [0.29, 0.717) is 29.6 Å². The number of anilines is 2. The van der Waals surface area contributed by atoms with Gasteiger partial charge in [0.2, 0.25) is 5.95 Å². The molecule has 1 unspecified atom stereocenters. The van der Waals surface area contributed by atoms with Gasteiger partial charge in [0.1, 0.15) is 5.52 Å². The first-order valence-electron chi connectivity index (χ1n) is 12.8. The minimum Gasteiger partial charge on any atom is -0.333 e. The number of hydrogen-bond acceptors (Lipinski definition) is 7. The molecule has 4 aromatic rings. The van der Waals surface area contributed by atoms with Crippen molar-refractivity contribution in [3.05, 3.63) is 70.5 Å². The Morgan fingerprint density at radius 2 is 1.92 bits per heavy atom. The van der Waals surface area contributed by atoms with Crippen LogP contribution in [0.15, 0.2) is 42.6 Å². The zero-order chi connectivity index (χ0) is 25.7. The van der Waals surface area contributed by atoms with Crippen LogP contribution in [0, 0.1) is 13.8 Å². The molecule has 2 aromatic carbocycles. The number of carbonyl (C=O) groups excluding carboxylic acids is 1. The molecule has 1 amide bonds. The van der Waals surface area contributed by atoms with E-state index in [0.717, 1.165) is 42.8 Å². The zero-order valence-corrected chi connectivity index (χ0v) is 21.7. The van der Waals surface area contributed by atoms with E-state index < -0.39 is 0 Å². The van der Waals surface area contributed by atoms with E-state index in [1.54, 1.807) is 0 Å². The molecule has 4 heterocycles. The summed E-state index contributed by atoms with van der Waals surface area (Å²) in [7, 11) is 0. The Morgan fingerprint density at radius 1 is 1.11 bits per heavy atom. The first kappa shape index (κ1) is 23.5. The van der Waals surface area contributed by atoms with Crippen molar-refractivity contribution >= 4 is 28.6 Å². The number of benzene rings is 2. The molecule has 0 saturated carbocycles. The second-order valence-electron chi connectivity index (χ2n) is 11.0. The largest absolute Gasteiger partial charge is 0.333 e. The Labute approximate surface area is 216 Å². The molecule has 190 valence electrons. The first-order valence-corrected chi connectivity index (χ1v) is 12.8. The topological polar surface area (TPSA) is 103 Å². The summed E-state index contributed by atoms with van der Waals surface area (Å²) < 4.78 is 0. The molecule has 0 spiro atoms. The van der Waals surface area contributed by atoms with Gasteiger partial charge in [-0.05, 0) is 82.0 Å². The number of piperidine rings is 1. The van der Waals surface area contributed by atoms with Gasteiger partial charge in [0, 0.05) is 54.2 Å². The lowest BCUT2D eigenvalue weighted by Gasteiger charge is -2.47. The van der Waals surface area contributed by atoms with Crippen LogP contribution in [0.3, 0.4) is 0 Å². The normalized spacial score (nSPS) is 19.2. The van der Waals surface area contributed by atoms with Crippen molar-refractivity contribution < 1.29 is 4.79 Å². The number of aromatic amines is 1. The highest BCUT2D eigenvalue weighted by Crippen LogP contribution is 2.35. The van der Waals surface area contributed by atoms with Crippen molar-refractivity contribution in [3.8, 4) is 0 Å². The van der Waals surface area contributed by atoms with Crippen LogP contribution in [-0.4, -0.2) is 59.2 Å². The molecule has 0 bridgehead atoms. The minimum absolute atomic E-state index is 0.0472. The van der Waals surface area contributed by atoms with Gasteiger partial charge in [0.05, 0.1) is 11.2 Å². The van der Waals surface area contributed by atoms with Gasteiger partial charge in [0.15, 0.2) is 0 Å². The molecule has 0 radical (unpaired) electrons. The number of aromatic nitrogens is 5. The number of amides is 1. The van der Waals surface area contributed by atoms with Crippen LogP contribution in [0.1, 0.15) is 59.4 Å². The Morgan fingerprint density at radius 3 is 2.70 bits per heavy atom. The third kappa shape index (κ3) is 4.55. The number of nitrogens with one attached hydrogen (secondary N) is 2. The van der Waals surface area contributed by atoms with Crippen molar-refractivity contribution in [3.63, 3.8) is 0 Å². The minimum atomic E-state index is -0.269. The zero-order valence-electron chi connectivity index (χ0n) is 21.7. The van der Waals surface area contributed by atoms with E-state index in [-0.39, 0.29) is 11.4 Å². The number of H-pyrrole nitrogens is 1. The molecular weight excluding hydrogens is 464 g/mol. The average molecular weight is 497 g/mol. The smallest absolute Gasteiger partial charge is 0.254 e. The second-order valence-corrected chi connectivity index (χ2v) is 11.0. The summed E-state index contributed by atoms with van der Waals surface area (Å²) in [5.74, 6) is 0.682. The third-order valence-electron chi connectivity index (χ3n) is 7.64. The highest BCUT2D eigenvalue weighted by molar-refractivity contribution is 5.97. The lowest BCUT2D eigenvalue weighted by Crippen LogP contribution is -2.56.